The summed E-state index contributed by atoms with van der Waals surface area (Å²) in [5.41, 5.74) is 1.92. The SMILES string of the molecule is O=C(CCBr)Nc1ccc2[nH]ccc2c1. The van der Waals surface area contributed by atoms with Crippen molar-refractivity contribution in [3.63, 3.8) is 0 Å². The summed E-state index contributed by atoms with van der Waals surface area (Å²) in [5.74, 6) is 0.0294. The highest BCUT2D eigenvalue weighted by molar-refractivity contribution is 9.09. The standard InChI is InChI=1S/C11H11BrN2O/c12-5-3-11(15)14-9-1-2-10-8(7-9)4-6-13-10/h1-2,4,6-7,13H,3,5H2,(H,14,15). The summed E-state index contributed by atoms with van der Waals surface area (Å²) in [5, 5.41) is 4.63. The average molecular weight is 267 g/mol. The van der Waals surface area contributed by atoms with E-state index in [0.717, 1.165) is 16.6 Å². The number of alkyl halides is 1. The van der Waals surface area contributed by atoms with Crippen LogP contribution in [0.2, 0.25) is 0 Å². The van der Waals surface area contributed by atoms with E-state index < -0.39 is 0 Å². The molecule has 0 saturated carbocycles. The third-order valence-corrected chi connectivity index (χ3v) is 2.56. The van der Waals surface area contributed by atoms with E-state index in [0.29, 0.717) is 11.8 Å². The number of benzene rings is 1. The predicted octanol–water partition coefficient (Wildman–Crippen LogP) is 2.89. The van der Waals surface area contributed by atoms with E-state index in [2.05, 4.69) is 26.2 Å². The topological polar surface area (TPSA) is 44.9 Å². The van der Waals surface area contributed by atoms with Crippen LogP contribution in [0.1, 0.15) is 6.42 Å². The van der Waals surface area contributed by atoms with E-state index in [1.807, 2.05) is 30.5 Å². The maximum atomic E-state index is 11.3. The Kier molecular flexibility index (Phi) is 3.06. The highest BCUT2D eigenvalue weighted by Gasteiger charge is 2.01. The molecule has 4 heteroatoms. The molecule has 0 fully saturated rings. The molecule has 1 amide bonds. The van der Waals surface area contributed by atoms with Crippen LogP contribution < -0.4 is 5.32 Å². The maximum absolute atomic E-state index is 11.3. The van der Waals surface area contributed by atoms with Crippen LogP contribution in [0.5, 0.6) is 0 Å². The van der Waals surface area contributed by atoms with Gasteiger partial charge in [0.2, 0.25) is 5.91 Å². The van der Waals surface area contributed by atoms with Gasteiger partial charge in [0.05, 0.1) is 0 Å². The molecule has 1 heterocycles. The molecule has 0 unspecified atom stereocenters. The van der Waals surface area contributed by atoms with Crippen LogP contribution in [0.15, 0.2) is 30.5 Å². The molecule has 15 heavy (non-hydrogen) atoms. The van der Waals surface area contributed by atoms with Crippen LogP contribution in [-0.4, -0.2) is 16.2 Å². The average Bonchev–Trinajstić information content (AvgIpc) is 2.65. The Labute approximate surface area is 96.0 Å². The number of aromatic nitrogens is 1. The molecule has 0 radical (unpaired) electrons. The Hall–Kier alpha value is -1.29. The number of amides is 1. The fourth-order valence-electron chi connectivity index (χ4n) is 1.44. The van der Waals surface area contributed by atoms with Gasteiger partial charge in [0.15, 0.2) is 0 Å². The van der Waals surface area contributed by atoms with Gasteiger partial charge < -0.3 is 10.3 Å². The van der Waals surface area contributed by atoms with Crippen LogP contribution in [0.25, 0.3) is 10.9 Å². The minimum Gasteiger partial charge on any atom is -0.361 e. The Morgan fingerprint density at radius 3 is 3.07 bits per heavy atom. The van der Waals surface area contributed by atoms with Gasteiger partial charge in [-0.05, 0) is 24.3 Å². The van der Waals surface area contributed by atoms with E-state index >= 15 is 0 Å². The number of rotatable bonds is 3. The van der Waals surface area contributed by atoms with Crippen LogP contribution in [-0.2, 0) is 4.79 Å². The van der Waals surface area contributed by atoms with Gasteiger partial charge in [-0.3, -0.25) is 4.79 Å². The zero-order valence-corrected chi connectivity index (χ0v) is 9.67. The minimum atomic E-state index is 0.0294. The van der Waals surface area contributed by atoms with E-state index in [-0.39, 0.29) is 5.91 Å². The molecule has 2 aromatic rings. The molecule has 0 saturated heterocycles. The monoisotopic (exact) mass is 266 g/mol. The molecule has 78 valence electrons. The van der Waals surface area contributed by atoms with Gasteiger partial charge in [-0.1, -0.05) is 15.9 Å². The number of fused-ring (bicyclic) bond motifs is 1. The van der Waals surface area contributed by atoms with E-state index in [1.54, 1.807) is 0 Å². The van der Waals surface area contributed by atoms with E-state index in [1.165, 1.54) is 0 Å². The Morgan fingerprint density at radius 2 is 2.27 bits per heavy atom. The summed E-state index contributed by atoms with van der Waals surface area (Å²) in [7, 11) is 0. The van der Waals surface area contributed by atoms with Crippen molar-refractivity contribution in [2.24, 2.45) is 0 Å². The molecule has 1 aromatic carbocycles. The lowest BCUT2D eigenvalue weighted by Gasteiger charge is -2.03. The molecule has 0 aliphatic rings. The number of hydrogen-bond acceptors (Lipinski definition) is 1. The van der Waals surface area contributed by atoms with Gasteiger partial charge in [-0.15, -0.1) is 0 Å². The minimum absolute atomic E-state index is 0.0294. The second-order valence-corrected chi connectivity index (χ2v) is 4.06. The third kappa shape index (κ3) is 2.39. The van der Waals surface area contributed by atoms with Crippen molar-refractivity contribution in [2.45, 2.75) is 6.42 Å². The number of carbonyl (C=O) groups excluding carboxylic acids is 1. The molecule has 3 nitrogen and oxygen atoms in total. The largest absolute Gasteiger partial charge is 0.361 e. The molecular formula is C11H11BrN2O. The van der Waals surface area contributed by atoms with Gasteiger partial charge in [0.1, 0.15) is 0 Å². The lowest BCUT2D eigenvalue weighted by atomic mass is 10.2. The molecule has 1 aromatic heterocycles. The summed E-state index contributed by atoms with van der Waals surface area (Å²) < 4.78 is 0. The molecule has 0 bridgehead atoms. The van der Waals surface area contributed by atoms with Gasteiger partial charge in [0.25, 0.3) is 0 Å². The highest BCUT2D eigenvalue weighted by Crippen LogP contribution is 2.17. The molecule has 0 aliphatic carbocycles. The normalized spacial score (nSPS) is 10.5. The third-order valence-electron chi connectivity index (χ3n) is 2.16. The molecule has 0 spiro atoms. The van der Waals surface area contributed by atoms with E-state index in [9.17, 15) is 4.79 Å². The lowest BCUT2D eigenvalue weighted by Crippen LogP contribution is -2.11. The summed E-state index contributed by atoms with van der Waals surface area (Å²) in [6.07, 6.45) is 2.37. The lowest BCUT2D eigenvalue weighted by molar-refractivity contribution is -0.115. The molecule has 2 N–H and O–H groups in total. The first-order valence-electron chi connectivity index (χ1n) is 4.72. The van der Waals surface area contributed by atoms with Crippen molar-refractivity contribution in [1.29, 1.82) is 0 Å². The zero-order chi connectivity index (χ0) is 10.7. The quantitative estimate of drug-likeness (QED) is 0.825. The van der Waals surface area contributed by atoms with Crippen LogP contribution in [0.3, 0.4) is 0 Å². The van der Waals surface area contributed by atoms with Crippen molar-refractivity contribution < 1.29 is 4.79 Å². The number of aromatic amines is 1. The highest BCUT2D eigenvalue weighted by atomic mass is 79.9. The first-order chi connectivity index (χ1) is 7.29. The Balaban J connectivity index is 2.17. The Morgan fingerprint density at radius 1 is 1.40 bits per heavy atom. The molecular weight excluding hydrogens is 256 g/mol. The number of anilines is 1. The smallest absolute Gasteiger partial charge is 0.225 e. The predicted molar refractivity (Wildman–Crippen MR) is 65.3 cm³/mol. The van der Waals surface area contributed by atoms with Crippen molar-refractivity contribution in [3.8, 4) is 0 Å². The summed E-state index contributed by atoms with van der Waals surface area (Å²) in [6, 6.07) is 7.79. The van der Waals surface area contributed by atoms with Gasteiger partial charge in [0, 0.05) is 34.5 Å². The summed E-state index contributed by atoms with van der Waals surface area (Å²) in [6.45, 7) is 0. The number of hydrogen-bond donors (Lipinski definition) is 2. The summed E-state index contributed by atoms with van der Waals surface area (Å²) >= 11 is 3.23. The fraction of sp³-hybridized carbons (Fsp3) is 0.182. The number of carbonyl (C=O) groups is 1. The van der Waals surface area contributed by atoms with Crippen LogP contribution in [0.4, 0.5) is 5.69 Å². The Bertz CT molecular complexity index is 478. The molecule has 0 aliphatic heterocycles. The second-order valence-electron chi connectivity index (χ2n) is 3.27. The van der Waals surface area contributed by atoms with Crippen molar-refractivity contribution >= 4 is 38.4 Å². The fourth-order valence-corrected chi connectivity index (χ4v) is 1.80. The first-order valence-corrected chi connectivity index (χ1v) is 5.85. The maximum Gasteiger partial charge on any atom is 0.225 e. The van der Waals surface area contributed by atoms with Gasteiger partial charge in [-0.2, -0.15) is 0 Å². The number of halogens is 1. The van der Waals surface area contributed by atoms with Crippen molar-refractivity contribution in [2.75, 3.05) is 10.6 Å². The molecule has 0 atom stereocenters. The van der Waals surface area contributed by atoms with Crippen molar-refractivity contribution in [3.05, 3.63) is 30.5 Å². The number of nitrogens with one attached hydrogen (secondary N) is 2. The first kappa shape index (κ1) is 10.2. The van der Waals surface area contributed by atoms with Crippen molar-refractivity contribution in [1.82, 2.24) is 4.98 Å². The van der Waals surface area contributed by atoms with E-state index in [4.69, 9.17) is 0 Å². The van der Waals surface area contributed by atoms with Gasteiger partial charge in [-0.25, -0.2) is 0 Å². The number of H-pyrrole nitrogens is 1. The zero-order valence-electron chi connectivity index (χ0n) is 8.09. The summed E-state index contributed by atoms with van der Waals surface area (Å²) in [4.78, 5) is 14.4. The van der Waals surface area contributed by atoms with Crippen LogP contribution >= 0.6 is 15.9 Å². The molecule has 2 rings (SSSR count). The van der Waals surface area contributed by atoms with Crippen LogP contribution in [0, 0.1) is 0 Å². The second kappa shape index (κ2) is 4.49. The van der Waals surface area contributed by atoms with Gasteiger partial charge >= 0.3 is 0 Å².